The molecule has 0 aliphatic rings. The fraction of sp³-hybridized carbons (Fsp3) is 0.167. The van der Waals surface area contributed by atoms with E-state index in [-0.39, 0.29) is 16.4 Å². The molecule has 0 spiro atoms. The van der Waals surface area contributed by atoms with Crippen molar-refractivity contribution in [2.24, 2.45) is 0 Å². The van der Waals surface area contributed by atoms with Crippen molar-refractivity contribution in [1.29, 1.82) is 0 Å². The third-order valence-electron chi connectivity index (χ3n) is 3.32. The van der Waals surface area contributed by atoms with Gasteiger partial charge in [-0.15, -0.1) is 0 Å². The molecular weight excluding hydrogens is 360 g/mol. The summed E-state index contributed by atoms with van der Waals surface area (Å²) in [5.74, 6) is -0.315. The second-order valence-corrected chi connectivity index (χ2v) is 7.38. The lowest BCUT2D eigenvalue weighted by molar-refractivity contribution is 0.0954. The molecule has 1 amide bonds. The van der Waals surface area contributed by atoms with Gasteiger partial charge >= 0.3 is 0 Å². The Morgan fingerprint density at radius 1 is 1.16 bits per heavy atom. The predicted octanol–water partition coefficient (Wildman–Crippen LogP) is 3.84. The second kappa shape index (κ2) is 8.69. The van der Waals surface area contributed by atoms with Crippen LogP contribution in [0.5, 0.6) is 0 Å². The average molecular weight is 379 g/mol. The number of allylic oxidation sites excluding steroid dienone is 1. The van der Waals surface area contributed by atoms with E-state index in [0.29, 0.717) is 17.3 Å². The van der Waals surface area contributed by atoms with Gasteiger partial charge in [0.2, 0.25) is 0 Å². The van der Waals surface area contributed by atoms with Gasteiger partial charge in [0, 0.05) is 17.1 Å². The summed E-state index contributed by atoms with van der Waals surface area (Å²) in [4.78, 5) is 12.1. The van der Waals surface area contributed by atoms with Crippen molar-refractivity contribution in [2.45, 2.75) is 18.2 Å². The van der Waals surface area contributed by atoms with Crippen molar-refractivity contribution in [3.05, 3.63) is 71.3 Å². The lowest BCUT2D eigenvalue weighted by atomic mass is 10.2. The van der Waals surface area contributed by atoms with E-state index in [1.807, 2.05) is 19.1 Å². The Morgan fingerprint density at radius 3 is 2.64 bits per heavy atom. The average Bonchev–Trinajstić information content (AvgIpc) is 2.58. The highest BCUT2D eigenvalue weighted by Gasteiger charge is 2.16. The molecule has 0 radical (unpaired) electrons. The number of rotatable bonds is 7. The normalized spacial score (nSPS) is 11.4. The van der Waals surface area contributed by atoms with Crippen molar-refractivity contribution >= 4 is 33.2 Å². The third-order valence-corrected chi connectivity index (χ3v) is 4.93. The van der Waals surface area contributed by atoms with Crippen LogP contribution in [0.1, 0.15) is 23.7 Å². The Balaban J connectivity index is 2.15. The Morgan fingerprint density at radius 2 is 1.92 bits per heavy atom. The minimum absolute atomic E-state index is 0.00794. The zero-order valence-corrected chi connectivity index (χ0v) is 15.3. The monoisotopic (exact) mass is 378 g/mol. The lowest BCUT2D eigenvalue weighted by Crippen LogP contribution is -2.24. The number of nitrogens with one attached hydrogen (secondary N) is 2. The molecule has 2 N–H and O–H groups in total. The van der Waals surface area contributed by atoms with Crippen LogP contribution >= 0.6 is 11.6 Å². The molecule has 0 atom stereocenters. The van der Waals surface area contributed by atoms with Crippen LogP contribution < -0.4 is 10.0 Å². The SMILES string of the molecule is C/C=C/CCNC(=O)c1cccc(S(=O)(=O)Nc2cccc(Cl)c2)c1. The van der Waals surface area contributed by atoms with Crippen LogP contribution in [0.4, 0.5) is 5.69 Å². The van der Waals surface area contributed by atoms with Crippen molar-refractivity contribution in [2.75, 3.05) is 11.3 Å². The number of carbonyl (C=O) groups is 1. The van der Waals surface area contributed by atoms with E-state index < -0.39 is 10.0 Å². The van der Waals surface area contributed by atoms with Crippen LogP contribution in [0, 0.1) is 0 Å². The largest absolute Gasteiger partial charge is 0.352 e. The van der Waals surface area contributed by atoms with Crippen molar-refractivity contribution < 1.29 is 13.2 Å². The summed E-state index contributed by atoms with van der Waals surface area (Å²) in [5, 5.41) is 3.17. The van der Waals surface area contributed by atoms with Crippen LogP contribution in [0.2, 0.25) is 5.02 Å². The van der Waals surface area contributed by atoms with Gasteiger partial charge in [0.1, 0.15) is 0 Å². The molecule has 0 aliphatic carbocycles. The summed E-state index contributed by atoms with van der Waals surface area (Å²) in [6, 6.07) is 12.3. The first-order chi connectivity index (χ1) is 11.9. The standard InChI is InChI=1S/C18H19ClN2O3S/c1-2-3-4-11-20-18(22)14-7-5-10-17(12-14)25(23,24)21-16-9-6-8-15(19)13-16/h2-3,5-10,12-13,21H,4,11H2,1H3,(H,20,22)/b3-2+. The molecule has 0 bridgehead atoms. The summed E-state index contributed by atoms with van der Waals surface area (Å²) in [5.41, 5.74) is 0.642. The molecule has 132 valence electrons. The van der Waals surface area contributed by atoms with Crippen LogP contribution in [0.15, 0.2) is 65.6 Å². The van der Waals surface area contributed by atoms with Crippen LogP contribution in [0.3, 0.4) is 0 Å². The maximum Gasteiger partial charge on any atom is 0.261 e. The molecule has 0 saturated carbocycles. The highest BCUT2D eigenvalue weighted by molar-refractivity contribution is 7.92. The number of carbonyl (C=O) groups excluding carboxylic acids is 1. The fourth-order valence-corrected chi connectivity index (χ4v) is 3.39. The smallest absolute Gasteiger partial charge is 0.261 e. The summed E-state index contributed by atoms with van der Waals surface area (Å²) >= 11 is 5.86. The molecule has 0 fully saturated rings. The molecule has 5 nitrogen and oxygen atoms in total. The van der Waals surface area contributed by atoms with Gasteiger partial charge in [-0.3, -0.25) is 9.52 Å². The predicted molar refractivity (Wildman–Crippen MR) is 100 cm³/mol. The van der Waals surface area contributed by atoms with Gasteiger partial charge in [0.05, 0.1) is 10.6 Å². The minimum Gasteiger partial charge on any atom is -0.352 e. The van der Waals surface area contributed by atoms with E-state index in [2.05, 4.69) is 10.0 Å². The number of hydrogen-bond acceptors (Lipinski definition) is 3. The summed E-state index contributed by atoms with van der Waals surface area (Å²) < 4.78 is 27.4. The second-order valence-electron chi connectivity index (χ2n) is 5.26. The topological polar surface area (TPSA) is 75.3 Å². The first-order valence-corrected chi connectivity index (χ1v) is 9.56. The third kappa shape index (κ3) is 5.62. The highest BCUT2D eigenvalue weighted by atomic mass is 35.5. The Hall–Kier alpha value is -2.31. The summed E-state index contributed by atoms with van der Waals surface area (Å²) in [6.45, 7) is 2.39. The Kier molecular flexibility index (Phi) is 6.61. The molecule has 2 aromatic rings. The lowest BCUT2D eigenvalue weighted by Gasteiger charge is -2.10. The van der Waals surface area contributed by atoms with Crippen molar-refractivity contribution in [3.8, 4) is 0 Å². The quantitative estimate of drug-likeness (QED) is 0.567. The first-order valence-electron chi connectivity index (χ1n) is 7.70. The molecule has 0 unspecified atom stereocenters. The van der Waals surface area contributed by atoms with E-state index in [0.717, 1.165) is 6.42 Å². The van der Waals surface area contributed by atoms with Gasteiger partial charge in [-0.1, -0.05) is 35.9 Å². The number of sulfonamides is 1. The zero-order valence-electron chi connectivity index (χ0n) is 13.7. The fourth-order valence-electron chi connectivity index (χ4n) is 2.11. The van der Waals surface area contributed by atoms with Gasteiger partial charge in [-0.05, 0) is 49.7 Å². The molecule has 0 heterocycles. The molecule has 7 heteroatoms. The maximum atomic E-state index is 12.5. The van der Waals surface area contributed by atoms with E-state index in [9.17, 15) is 13.2 Å². The molecule has 25 heavy (non-hydrogen) atoms. The number of benzene rings is 2. The highest BCUT2D eigenvalue weighted by Crippen LogP contribution is 2.20. The van der Waals surface area contributed by atoms with Crippen LogP contribution in [-0.2, 0) is 10.0 Å². The first kappa shape index (κ1) is 19.0. The maximum absolute atomic E-state index is 12.5. The van der Waals surface area contributed by atoms with E-state index in [4.69, 9.17) is 11.6 Å². The number of amides is 1. The summed E-state index contributed by atoms with van der Waals surface area (Å²) in [6.07, 6.45) is 4.56. The van der Waals surface area contributed by atoms with Crippen molar-refractivity contribution in [3.63, 3.8) is 0 Å². The number of halogens is 1. The summed E-state index contributed by atoms with van der Waals surface area (Å²) in [7, 11) is -3.82. The van der Waals surface area contributed by atoms with Gasteiger partial charge < -0.3 is 5.32 Å². The molecule has 0 aromatic heterocycles. The van der Waals surface area contributed by atoms with Crippen molar-refractivity contribution in [1.82, 2.24) is 5.32 Å². The molecule has 2 rings (SSSR count). The molecular formula is C18H19ClN2O3S. The van der Waals surface area contributed by atoms with Gasteiger partial charge in [0.15, 0.2) is 0 Å². The number of anilines is 1. The Bertz CT molecular complexity index is 879. The number of hydrogen-bond donors (Lipinski definition) is 2. The molecule has 2 aromatic carbocycles. The van der Waals surface area contributed by atoms with Gasteiger partial charge in [-0.2, -0.15) is 0 Å². The van der Waals surface area contributed by atoms with E-state index in [1.165, 1.54) is 24.3 Å². The van der Waals surface area contributed by atoms with Gasteiger partial charge in [-0.25, -0.2) is 8.42 Å². The van der Waals surface area contributed by atoms with Gasteiger partial charge in [0.25, 0.3) is 15.9 Å². The van der Waals surface area contributed by atoms with Crippen LogP contribution in [0.25, 0.3) is 0 Å². The molecule has 0 saturated heterocycles. The molecule has 0 aliphatic heterocycles. The van der Waals surface area contributed by atoms with E-state index in [1.54, 1.807) is 24.3 Å². The zero-order chi connectivity index (χ0) is 18.3. The van der Waals surface area contributed by atoms with E-state index >= 15 is 0 Å². The minimum atomic E-state index is -3.82. The van der Waals surface area contributed by atoms with Crippen LogP contribution in [-0.4, -0.2) is 20.9 Å². The Labute approximate surface area is 152 Å².